The Morgan fingerprint density at radius 2 is 2.27 bits per heavy atom. The highest BCUT2D eigenvalue weighted by molar-refractivity contribution is 7.99. The zero-order chi connectivity index (χ0) is 10.7. The van der Waals surface area contributed by atoms with E-state index in [0.717, 1.165) is 12.1 Å². The lowest BCUT2D eigenvalue weighted by Crippen LogP contribution is -2.37. The molecule has 0 amide bonds. The zero-order valence-electron chi connectivity index (χ0n) is 9.09. The van der Waals surface area contributed by atoms with E-state index in [4.69, 9.17) is 5.73 Å². The van der Waals surface area contributed by atoms with Gasteiger partial charge in [0.15, 0.2) is 0 Å². The minimum absolute atomic E-state index is 0.0989. The van der Waals surface area contributed by atoms with E-state index in [0.29, 0.717) is 0 Å². The Labute approximate surface area is 94.8 Å². The molecule has 0 saturated carbocycles. The van der Waals surface area contributed by atoms with Crippen LogP contribution in [0.1, 0.15) is 11.6 Å². The molecule has 1 atom stereocenters. The topological polar surface area (TPSA) is 47.1 Å². The summed E-state index contributed by atoms with van der Waals surface area (Å²) < 4.78 is 1.81. The molecule has 2 rings (SSSR count). The highest BCUT2D eigenvalue weighted by atomic mass is 32.2. The molecule has 2 N–H and O–H groups in total. The fourth-order valence-corrected chi connectivity index (χ4v) is 2.78. The van der Waals surface area contributed by atoms with Crippen molar-refractivity contribution in [2.24, 2.45) is 12.8 Å². The van der Waals surface area contributed by atoms with Gasteiger partial charge >= 0.3 is 0 Å². The molecule has 0 aliphatic carbocycles. The Kier molecular flexibility index (Phi) is 3.66. The third kappa shape index (κ3) is 2.96. The number of nitrogens with zero attached hydrogens (tertiary/aromatic N) is 3. The van der Waals surface area contributed by atoms with Crippen molar-refractivity contribution in [1.29, 1.82) is 0 Å². The fraction of sp³-hybridized carbons (Fsp3) is 0.700. The Morgan fingerprint density at radius 3 is 2.87 bits per heavy atom. The summed E-state index contributed by atoms with van der Waals surface area (Å²) >= 11 is 2.03. The second-order valence-electron chi connectivity index (χ2n) is 3.97. The number of thioether (sulfide) groups is 1. The van der Waals surface area contributed by atoms with Gasteiger partial charge in [-0.15, -0.1) is 0 Å². The summed E-state index contributed by atoms with van der Waals surface area (Å²) in [5, 5.41) is 4.14. The molecule has 0 spiro atoms. The van der Waals surface area contributed by atoms with Crippen LogP contribution in [0.4, 0.5) is 0 Å². The van der Waals surface area contributed by atoms with E-state index in [1.54, 1.807) is 4.68 Å². The van der Waals surface area contributed by atoms with Crippen LogP contribution in [-0.4, -0.2) is 45.8 Å². The molecule has 0 radical (unpaired) electrons. The van der Waals surface area contributed by atoms with Crippen LogP contribution in [-0.2, 0) is 7.05 Å². The monoisotopic (exact) mass is 226 g/mol. The quantitative estimate of drug-likeness (QED) is 0.814. The van der Waals surface area contributed by atoms with Crippen LogP contribution < -0.4 is 5.73 Å². The van der Waals surface area contributed by atoms with Gasteiger partial charge in [0.2, 0.25) is 0 Å². The molecule has 5 heteroatoms. The number of rotatable bonds is 3. The van der Waals surface area contributed by atoms with Crippen LogP contribution in [0.5, 0.6) is 0 Å². The molecule has 1 unspecified atom stereocenters. The van der Waals surface area contributed by atoms with E-state index >= 15 is 0 Å². The van der Waals surface area contributed by atoms with Gasteiger partial charge in [-0.1, -0.05) is 0 Å². The molecule has 0 aromatic carbocycles. The van der Waals surface area contributed by atoms with Gasteiger partial charge in [-0.25, -0.2) is 0 Å². The van der Waals surface area contributed by atoms with Gasteiger partial charge < -0.3 is 5.73 Å². The Balaban J connectivity index is 1.88. The minimum atomic E-state index is 0.0989. The van der Waals surface area contributed by atoms with E-state index < -0.39 is 0 Å². The predicted molar refractivity (Wildman–Crippen MR) is 63.9 cm³/mol. The Morgan fingerprint density at radius 1 is 1.53 bits per heavy atom. The number of nitrogens with two attached hydrogens (primary N) is 1. The maximum Gasteiger partial charge on any atom is 0.0537 e. The second kappa shape index (κ2) is 5.01. The molecule has 15 heavy (non-hydrogen) atoms. The molecule has 4 nitrogen and oxygen atoms in total. The van der Waals surface area contributed by atoms with Gasteiger partial charge in [-0.3, -0.25) is 9.58 Å². The zero-order valence-corrected chi connectivity index (χ0v) is 9.91. The van der Waals surface area contributed by atoms with Crippen LogP contribution in [0.3, 0.4) is 0 Å². The second-order valence-corrected chi connectivity index (χ2v) is 5.19. The van der Waals surface area contributed by atoms with Crippen molar-refractivity contribution in [1.82, 2.24) is 14.7 Å². The van der Waals surface area contributed by atoms with Crippen LogP contribution in [0.15, 0.2) is 12.4 Å². The number of aromatic nitrogens is 2. The van der Waals surface area contributed by atoms with Crippen molar-refractivity contribution in [2.45, 2.75) is 6.04 Å². The van der Waals surface area contributed by atoms with E-state index in [1.165, 1.54) is 24.6 Å². The molecule has 1 aliphatic heterocycles. The van der Waals surface area contributed by atoms with E-state index in [2.05, 4.69) is 10.00 Å². The molecular formula is C10H18N4S. The number of aryl methyl sites for hydroxylation is 1. The summed E-state index contributed by atoms with van der Waals surface area (Å²) in [6.07, 6.45) is 3.87. The first-order valence-corrected chi connectivity index (χ1v) is 6.45. The van der Waals surface area contributed by atoms with E-state index in [1.807, 2.05) is 31.2 Å². The third-order valence-electron chi connectivity index (χ3n) is 2.71. The van der Waals surface area contributed by atoms with Crippen LogP contribution >= 0.6 is 11.8 Å². The molecule has 1 aromatic heterocycles. The highest BCUT2D eigenvalue weighted by Crippen LogP contribution is 2.14. The van der Waals surface area contributed by atoms with Gasteiger partial charge in [0.1, 0.15) is 0 Å². The van der Waals surface area contributed by atoms with Crippen molar-refractivity contribution in [2.75, 3.05) is 31.1 Å². The molecule has 1 aliphatic rings. The molecule has 1 fully saturated rings. The van der Waals surface area contributed by atoms with Gasteiger partial charge in [-0.2, -0.15) is 16.9 Å². The van der Waals surface area contributed by atoms with Crippen LogP contribution in [0, 0.1) is 0 Å². The van der Waals surface area contributed by atoms with Crippen LogP contribution in [0.25, 0.3) is 0 Å². The first kappa shape index (κ1) is 11.0. The van der Waals surface area contributed by atoms with Crippen molar-refractivity contribution in [3.63, 3.8) is 0 Å². The maximum atomic E-state index is 6.14. The average Bonchev–Trinajstić information content (AvgIpc) is 2.66. The smallest absolute Gasteiger partial charge is 0.0537 e. The highest BCUT2D eigenvalue weighted by Gasteiger charge is 2.15. The summed E-state index contributed by atoms with van der Waals surface area (Å²) in [5.74, 6) is 2.47. The predicted octanol–water partition coefficient (Wildman–Crippen LogP) is 0.469. The lowest BCUT2D eigenvalue weighted by Gasteiger charge is -2.28. The van der Waals surface area contributed by atoms with Crippen molar-refractivity contribution in [3.05, 3.63) is 18.0 Å². The third-order valence-corrected chi connectivity index (χ3v) is 3.65. The van der Waals surface area contributed by atoms with Gasteiger partial charge in [0, 0.05) is 56.0 Å². The Hall–Kier alpha value is -0.520. The van der Waals surface area contributed by atoms with Gasteiger partial charge in [0.25, 0.3) is 0 Å². The molecule has 0 bridgehead atoms. The summed E-state index contributed by atoms with van der Waals surface area (Å²) in [6.45, 7) is 3.28. The Bertz CT molecular complexity index is 306. The van der Waals surface area contributed by atoms with Crippen molar-refractivity contribution < 1.29 is 0 Å². The van der Waals surface area contributed by atoms with Gasteiger partial charge in [0.05, 0.1) is 6.20 Å². The summed E-state index contributed by atoms with van der Waals surface area (Å²) in [6, 6.07) is 0.0989. The maximum absolute atomic E-state index is 6.14. The fourth-order valence-electron chi connectivity index (χ4n) is 1.80. The summed E-state index contributed by atoms with van der Waals surface area (Å²) in [5.41, 5.74) is 7.27. The molecular weight excluding hydrogens is 208 g/mol. The summed E-state index contributed by atoms with van der Waals surface area (Å²) in [4.78, 5) is 2.44. The van der Waals surface area contributed by atoms with Gasteiger partial charge in [-0.05, 0) is 0 Å². The number of hydrogen-bond acceptors (Lipinski definition) is 4. The lowest BCUT2D eigenvalue weighted by atomic mass is 10.1. The summed E-state index contributed by atoms with van der Waals surface area (Å²) in [7, 11) is 1.92. The minimum Gasteiger partial charge on any atom is -0.323 e. The van der Waals surface area contributed by atoms with E-state index in [9.17, 15) is 0 Å². The van der Waals surface area contributed by atoms with Crippen molar-refractivity contribution >= 4 is 11.8 Å². The number of hydrogen-bond donors (Lipinski definition) is 1. The van der Waals surface area contributed by atoms with Crippen LogP contribution in [0.2, 0.25) is 0 Å². The lowest BCUT2D eigenvalue weighted by molar-refractivity contribution is 0.283. The van der Waals surface area contributed by atoms with Crippen molar-refractivity contribution in [3.8, 4) is 0 Å². The first-order chi connectivity index (χ1) is 7.25. The average molecular weight is 226 g/mol. The first-order valence-electron chi connectivity index (χ1n) is 5.30. The standard InChI is InChI=1S/C10H18N4S/c1-13-7-9(6-12-13)10(11)8-14-2-4-15-5-3-14/h6-7,10H,2-5,8,11H2,1H3. The molecule has 2 heterocycles. The molecule has 84 valence electrons. The van der Waals surface area contributed by atoms with E-state index in [-0.39, 0.29) is 6.04 Å². The molecule has 1 aromatic rings. The normalized spacial score (nSPS) is 20.4. The SMILES string of the molecule is Cn1cc(C(N)CN2CCSCC2)cn1. The largest absolute Gasteiger partial charge is 0.323 e. The molecule has 1 saturated heterocycles.